The molecule has 2 aromatic heterocycles. The summed E-state index contributed by atoms with van der Waals surface area (Å²) in [5, 5.41) is 3.36. The van der Waals surface area contributed by atoms with Crippen LogP contribution in [-0.4, -0.2) is 31.8 Å². The normalized spacial score (nSPS) is 12.3. The number of nitrogens with zero attached hydrogens (tertiary/aromatic N) is 4. The molecule has 0 spiro atoms. The molecule has 0 saturated heterocycles. The molecule has 30 heavy (non-hydrogen) atoms. The van der Waals surface area contributed by atoms with Crippen molar-refractivity contribution in [3.8, 4) is 0 Å². The maximum absolute atomic E-state index is 13.4. The Morgan fingerprint density at radius 3 is 2.50 bits per heavy atom. The number of fused-ring (bicyclic) bond motifs is 1. The van der Waals surface area contributed by atoms with Crippen LogP contribution in [0, 0.1) is 6.92 Å². The van der Waals surface area contributed by atoms with E-state index in [4.69, 9.17) is 11.6 Å². The number of rotatable bonds is 6. The molecule has 0 fully saturated rings. The smallest absolute Gasteiger partial charge is 0.295 e. The third-order valence-corrected chi connectivity index (χ3v) is 7.26. The first kappa shape index (κ1) is 25.2. The average Bonchev–Trinajstić information content (AvgIpc) is 3.09. The van der Waals surface area contributed by atoms with Gasteiger partial charge in [-0.3, -0.25) is 8.64 Å². The Balaban J connectivity index is 0.00000155. The molecule has 1 aromatic carbocycles. The molecule has 0 amide bonds. The standard InChI is InChI=1S/C16H16ClF2IN5OPS.C2H6/c1-8-4-5-9(11(6-8)24(2)28(3)26)21-10-7-12(17)22-15-13(10)23-16(14(18)19)25(15)27-20;1-2/h4-7,14,27H,1-3H3,(H,21,22);1-2H3. The lowest BCUT2D eigenvalue weighted by atomic mass is 10.2. The highest BCUT2D eigenvalue weighted by Gasteiger charge is 2.22. The second kappa shape index (κ2) is 11.0. The van der Waals surface area contributed by atoms with E-state index in [9.17, 15) is 13.0 Å². The highest BCUT2D eigenvalue weighted by Crippen LogP contribution is 2.39. The number of anilines is 3. The van der Waals surface area contributed by atoms with E-state index in [0.29, 0.717) is 28.2 Å². The van der Waals surface area contributed by atoms with Gasteiger partial charge in [-0.2, -0.15) is 0 Å². The van der Waals surface area contributed by atoms with Crippen molar-refractivity contribution >= 4 is 79.2 Å². The largest absolute Gasteiger partial charge is 0.352 e. The summed E-state index contributed by atoms with van der Waals surface area (Å²) in [6.07, 6.45) is -1.16. The first-order chi connectivity index (χ1) is 14.2. The monoisotopic (exact) mass is 587 g/mol. The Labute approximate surface area is 196 Å². The molecular formula is C18H22ClF2IN5OPS. The van der Waals surface area contributed by atoms with E-state index in [2.05, 4.69) is 15.3 Å². The molecule has 0 bridgehead atoms. The van der Waals surface area contributed by atoms with Crippen LogP contribution in [-0.2, 0) is 11.0 Å². The van der Waals surface area contributed by atoms with Crippen LogP contribution in [0.1, 0.15) is 31.7 Å². The quantitative estimate of drug-likeness (QED) is 0.200. The van der Waals surface area contributed by atoms with E-state index in [1.807, 2.05) is 61.0 Å². The van der Waals surface area contributed by atoms with E-state index in [1.165, 1.54) is 4.34 Å². The van der Waals surface area contributed by atoms with E-state index in [-0.39, 0.29) is 17.4 Å². The molecule has 0 aliphatic carbocycles. The number of hydrogen-bond donors (Lipinski definition) is 1. The molecular weight excluding hydrogens is 566 g/mol. The maximum atomic E-state index is 13.4. The summed E-state index contributed by atoms with van der Waals surface area (Å²) in [6, 6.07) is 7.16. The van der Waals surface area contributed by atoms with Crippen molar-refractivity contribution in [3.05, 3.63) is 40.8 Å². The first-order valence-corrected chi connectivity index (χ1v) is 14.9. The predicted octanol–water partition coefficient (Wildman–Crippen LogP) is 6.62. The van der Waals surface area contributed by atoms with Crippen LogP contribution in [0.4, 0.5) is 25.8 Å². The van der Waals surface area contributed by atoms with Crippen molar-refractivity contribution in [2.45, 2.75) is 27.2 Å². The molecule has 0 aliphatic rings. The van der Waals surface area contributed by atoms with Gasteiger partial charge in [0.15, 0.2) is 11.5 Å². The molecule has 2 heterocycles. The second-order valence-electron chi connectivity index (χ2n) is 5.92. The predicted molar refractivity (Wildman–Crippen MR) is 134 cm³/mol. The molecule has 2 unspecified atom stereocenters. The van der Waals surface area contributed by atoms with E-state index in [0.717, 1.165) is 5.56 Å². The molecule has 3 rings (SSSR count). The number of halogens is 4. The van der Waals surface area contributed by atoms with Crippen LogP contribution in [0.15, 0.2) is 24.3 Å². The molecule has 0 saturated carbocycles. The lowest BCUT2D eigenvalue weighted by Gasteiger charge is -2.21. The van der Waals surface area contributed by atoms with E-state index in [1.54, 1.807) is 23.7 Å². The summed E-state index contributed by atoms with van der Waals surface area (Å²) in [6.45, 7) is 5.93. The van der Waals surface area contributed by atoms with Crippen molar-refractivity contribution in [1.82, 2.24) is 14.3 Å². The van der Waals surface area contributed by atoms with E-state index < -0.39 is 17.4 Å². The van der Waals surface area contributed by atoms with Gasteiger partial charge in [0.1, 0.15) is 21.7 Å². The zero-order valence-electron chi connectivity index (χ0n) is 17.0. The van der Waals surface area contributed by atoms with Crippen LogP contribution < -0.4 is 9.62 Å². The zero-order chi connectivity index (χ0) is 22.6. The van der Waals surface area contributed by atoms with Gasteiger partial charge in [-0.1, -0.05) is 31.5 Å². The minimum Gasteiger partial charge on any atom is -0.352 e. The van der Waals surface area contributed by atoms with Gasteiger partial charge in [-0.15, -0.1) is 0 Å². The highest BCUT2D eigenvalue weighted by molar-refractivity contribution is 14.2. The maximum Gasteiger partial charge on any atom is 0.295 e. The molecule has 3 aromatic rings. The molecule has 0 radical (unpaired) electrons. The van der Waals surface area contributed by atoms with Crippen molar-refractivity contribution in [1.29, 1.82) is 0 Å². The van der Waals surface area contributed by atoms with Crippen molar-refractivity contribution in [3.63, 3.8) is 0 Å². The fourth-order valence-corrected chi connectivity index (χ4v) is 5.16. The molecule has 12 heteroatoms. The summed E-state index contributed by atoms with van der Waals surface area (Å²) in [5.41, 5.74) is 3.38. The Morgan fingerprint density at radius 2 is 1.93 bits per heavy atom. The van der Waals surface area contributed by atoms with E-state index >= 15 is 0 Å². The fraction of sp³-hybridized carbons (Fsp3) is 0.333. The van der Waals surface area contributed by atoms with Crippen molar-refractivity contribution in [2.24, 2.45) is 0 Å². The van der Waals surface area contributed by atoms with Crippen molar-refractivity contribution in [2.75, 3.05) is 22.9 Å². The number of pyridine rings is 1. The van der Waals surface area contributed by atoms with Gasteiger partial charge in [0.05, 0.1) is 23.4 Å². The Kier molecular flexibility index (Phi) is 9.20. The summed E-state index contributed by atoms with van der Waals surface area (Å²) in [7, 11) is 0.474. The second-order valence-corrected chi connectivity index (χ2v) is 9.77. The number of alkyl halides is 2. The number of hydrogen-bond acceptors (Lipinski definition) is 4. The topological polar surface area (TPSA) is 63.1 Å². The van der Waals surface area contributed by atoms with Gasteiger partial charge in [0.2, 0.25) is 0 Å². The molecule has 0 aliphatic heterocycles. The molecule has 6 nitrogen and oxygen atoms in total. The van der Waals surface area contributed by atoms with Gasteiger partial charge in [-0.05, 0) is 46.7 Å². The molecule has 164 valence electrons. The average molecular weight is 588 g/mol. The summed E-state index contributed by atoms with van der Waals surface area (Å²) < 4.78 is 41.8. The van der Waals surface area contributed by atoms with Crippen LogP contribution in [0.2, 0.25) is 5.15 Å². The third-order valence-electron chi connectivity index (χ3n) is 4.04. The summed E-state index contributed by atoms with van der Waals surface area (Å²) >= 11 is 8.15. The van der Waals surface area contributed by atoms with Gasteiger partial charge in [0.25, 0.3) is 6.43 Å². The lowest BCUT2D eigenvalue weighted by Crippen LogP contribution is -2.20. The summed E-state index contributed by atoms with van der Waals surface area (Å²) in [5.74, 6) is -0.351. The van der Waals surface area contributed by atoms with Crippen LogP contribution in [0.25, 0.3) is 11.2 Å². The number of imidazole rings is 1. The van der Waals surface area contributed by atoms with Gasteiger partial charge in [-0.25, -0.2) is 23.0 Å². The Hall–Kier alpha value is -1.10. The number of aromatic nitrogens is 3. The Morgan fingerprint density at radius 1 is 1.27 bits per heavy atom. The lowest BCUT2D eigenvalue weighted by molar-refractivity contribution is 0.140. The zero-order valence-corrected chi connectivity index (χ0v) is 21.7. The van der Waals surface area contributed by atoms with Gasteiger partial charge < -0.3 is 5.32 Å². The van der Waals surface area contributed by atoms with Crippen LogP contribution >= 0.6 is 40.0 Å². The number of benzene rings is 1. The van der Waals surface area contributed by atoms with Crippen LogP contribution in [0.5, 0.6) is 0 Å². The van der Waals surface area contributed by atoms with Gasteiger partial charge in [0, 0.05) is 19.4 Å². The van der Waals surface area contributed by atoms with Gasteiger partial charge >= 0.3 is 0 Å². The first-order valence-electron chi connectivity index (χ1n) is 8.91. The fourth-order valence-electron chi connectivity index (χ4n) is 2.65. The Bertz CT molecular complexity index is 1070. The molecule has 2 atom stereocenters. The number of nitrogens with one attached hydrogen (secondary N) is 1. The number of aryl methyl sites for hydroxylation is 1. The molecule has 1 N–H and O–H groups in total. The SMILES string of the molecule is CC.Cc1ccc(Nc2cc(Cl)nc3c2nc(C(F)F)n3PI)c(N(C)S(C)=O)c1. The third kappa shape index (κ3) is 5.38. The summed E-state index contributed by atoms with van der Waals surface area (Å²) in [4.78, 5) is 8.29. The highest BCUT2D eigenvalue weighted by atomic mass is 127. The van der Waals surface area contributed by atoms with Crippen molar-refractivity contribution < 1.29 is 13.0 Å². The van der Waals surface area contributed by atoms with Crippen LogP contribution in [0.3, 0.4) is 0 Å². The minimum absolute atomic E-state index is 0.00413. The minimum atomic E-state index is -2.73.